The Morgan fingerprint density at radius 1 is 1.30 bits per heavy atom. The molecule has 1 heterocycles. The van der Waals surface area contributed by atoms with Gasteiger partial charge in [-0.05, 0) is 39.5 Å². The van der Waals surface area contributed by atoms with Crippen molar-refractivity contribution in [2.24, 2.45) is 11.3 Å². The Bertz CT molecular complexity index is 368. The zero-order valence-electron chi connectivity index (χ0n) is 13.3. The van der Waals surface area contributed by atoms with E-state index in [4.69, 9.17) is 0 Å². The van der Waals surface area contributed by atoms with E-state index in [1.54, 1.807) is 11.8 Å². The zero-order valence-corrected chi connectivity index (χ0v) is 13.3. The summed E-state index contributed by atoms with van der Waals surface area (Å²) in [6.45, 7) is 11.6. The third kappa shape index (κ3) is 3.87. The van der Waals surface area contributed by atoms with Crippen molar-refractivity contribution in [2.45, 2.75) is 53.5 Å². The zero-order chi connectivity index (χ0) is 15.5. The normalized spacial score (nSPS) is 23.2. The molecule has 0 aromatic carbocycles. The van der Waals surface area contributed by atoms with Crippen molar-refractivity contribution in [1.29, 1.82) is 0 Å². The summed E-state index contributed by atoms with van der Waals surface area (Å²) in [5.74, 6) is -0.410. The number of hydrogen-bond donors (Lipinski definition) is 1. The maximum Gasteiger partial charge on any atom is 0.320 e. The highest BCUT2D eigenvalue weighted by atomic mass is 16.4. The van der Waals surface area contributed by atoms with Crippen LogP contribution in [0.15, 0.2) is 0 Å². The fraction of sp³-hybridized carbons (Fsp3) is 0.867. The number of aliphatic carboxylic acids is 1. The quantitative estimate of drug-likeness (QED) is 0.863. The number of carbonyl (C=O) groups excluding carboxylic acids is 1. The van der Waals surface area contributed by atoms with E-state index < -0.39 is 11.4 Å². The minimum atomic E-state index is -0.811. The highest BCUT2D eigenvalue weighted by Crippen LogP contribution is 2.30. The van der Waals surface area contributed by atoms with Crippen LogP contribution in [0.5, 0.6) is 0 Å². The van der Waals surface area contributed by atoms with Gasteiger partial charge in [-0.25, -0.2) is 4.79 Å². The van der Waals surface area contributed by atoms with E-state index in [2.05, 4.69) is 13.8 Å². The Labute approximate surface area is 121 Å². The molecular formula is C15H28N2O3. The number of piperidine rings is 1. The standard InChI is InChI=1S/C15H28N2O3/c1-11(2)9-17(12(3)4)14(20)16-8-6-7-15(5,10-16)13(18)19/h11-12H,6-10H2,1-5H3,(H,18,19). The van der Waals surface area contributed by atoms with Crippen LogP contribution in [0.1, 0.15) is 47.5 Å². The summed E-state index contributed by atoms with van der Waals surface area (Å²) in [7, 11) is 0. The molecule has 0 aromatic heterocycles. The molecule has 1 fully saturated rings. The van der Waals surface area contributed by atoms with Crippen LogP contribution < -0.4 is 0 Å². The lowest BCUT2D eigenvalue weighted by molar-refractivity contribution is -0.150. The molecule has 0 radical (unpaired) electrons. The molecule has 1 saturated heterocycles. The summed E-state index contributed by atoms with van der Waals surface area (Å²) in [6.07, 6.45) is 1.39. The van der Waals surface area contributed by atoms with Gasteiger partial charge in [0.15, 0.2) is 0 Å². The molecule has 0 aliphatic carbocycles. The van der Waals surface area contributed by atoms with Gasteiger partial charge in [-0.2, -0.15) is 0 Å². The van der Waals surface area contributed by atoms with E-state index in [0.717, 1.165) is 6.42 Å². The third-order valence-electron chi connectivity index (χ3n) is 3.91. The Balaban J connectivity index is 2.81. The molecule has 1 aliphatic rings. The lowest BCUT2D eigenvalue weighted by atomic mass is 9.82. The molecule has 5 nitrogen and oxygen atoms in total. The molecule has 1 unspecified atom stereocenters. The first kappa shape index (κ1) is 16.8. The topological polar surface area (TPSA) is 60.9 Å². The van der Waals surface area contributed by atoms with Crippen molar-refractivity contribution in [3.8, 4) is 0 Å². The Hall–Kier alpha value is -1.26. The number of amides is 2. The van der Waals surface area contributed by atoms with Crippen LogP contribution in [0.4, 0.5) is 4.79 Å². The second-order valence-electron chi connectivity index (χ2n) is 6.81. The molecule has 1 rings (SSSR count). The van der Waals surface area contributed by atoms with Gasteiger partial charge in [-0.3, -0.25) is 4.79 Å². The summed E-state index contributed by atoms with van der Waals surface area (Å²) in [4.78, 5) is 27.6. The van der Waals surface area contributed by atoms with Crippen molar-refractivity contribution in [1.82, 2.24) is 9.80 Å². The van der Waals surface area contributed by atoms with Crippen LogP contribution in [0.2, 0.25) is 0 Å². The first-order valence-corrected chi connectivity index (χ1v) is 7.46. The Morgan fingerprint density at radius 2 is 1.90 bits per heavy atom. The van der Waals surface area contributed by atoms with Crippen LogP contribution in [0, 0.1) is 11.3 Å². The average Bonchev–Trinajstić information content (AvgIpc) is 2.34. The van der Waals surface area contributed by atoms with E-state index in [1.165, 1.54) is 0 Å². The van der Waals surface area contributed by atoms with Gasteiger partial charge in [-0.1, -0.05) is 13.8 Å². The molecule has 1 N–H and O–H groups in total. The molecular weight excluding hydrogens is 256 g/mol. The summed E-state index contributed by atoms with van der Waals surface area (Å²) in [5.41, 5.74) is -0.811. The summed E-state index contributed by atoms with van der Waals surface area (Å²) in [5, 5.41) is 9.34. The van der Waals surface area contributed by atoms with Crippen LogP contribution in [-0.4, -0.2) is 52.6 Å². The molecule has 2 amide bonds. The monoisotopic (exact) mass is 284 g/mol. The van der Waals surface area contributed by atoms with Gasteiger partial charge in [0.2, 0.25) is 0 Å². The Kier molecular flexibility index (Phi) is 5.42. The lowest BCUT2D eigenvalue weighted by Gasteiger charge is -2.41. The van der Waals surface area contributed by atoms with E-state index in [-0.39, 0.29) is 12.1 Å². The van der Waals surface area contributed by atoms with Gasteiger partial charge in [0.05, 0.1) is 5.41 Å². The number of rotatable bonds is 4. The van der Waals surface area contributed by atoms with Crippen LogP contribution >= 0.6 is 0 Å². The second kappa shape index (κ2) is 6.46. The highest BCUT2D eigenvalue weighted by Gasteiger charge is 2.40. The first-order chi connectivity index (χ1) is 9.17. The van der Waals surface area contributed by atoms with E-state index in [0.29, 0.717) is 32.0 Å². The van der Waals surface area contributed by atoms with Crippen LogP contribution in [-0.2, 0) is 4.79 Å². The summed E-state index contributed by atoms with van der Waals surface area (Å²) >= 11 is 0. The average molecular weight is 284 g/mol. The van der Waals surface area contributed by atoms with Gasteiger partial charge >= 0.3 is 12.0 Å². The summed E-state index contributed by atoms with van der Waals surface area (Å²) < 4.78 is 0. The summed E-state index contributed by atoms with van der Waals surface area (Å²) in [6, 6.07) is 0.101. The van der Waals surface area contributed by atoms with Crippen molar-refractivity contribution < 1.29 is 14.7 Å². The molecule has 1 aliphatic heterocycles. The molecule has 5 heteroatoms. The number of urea groups is 1. The van der Waals surface area contributed by atoms with Gasteiger partial charge in [-0.15, -0.1) is 0 Å². The number of hydrogen-bond acceptors (Lipinski definition) is 2. The fourth-order valence-corrected chi connectivity index (χ4v) is 2.66. The highest BCUT2D eigenvalue weighted by molar-refractivity contribution is 5.78. The minimum absolute atomic E-state index is 0.0270. The van der Waals surface area contributed by atoms with E-state index in [9.17, 15) is 14.7 Å². The van der Waals surface area contributed by atoms with E-state index in [1.807, 2.05) is 18.7 Å². The molecule has 0 saturated carbocycles. The molecule has 0 bridgehead atoms. The fourth-order valence-electron chi connectivity index (χ4n) is 2.66. The second-order valence-corrected chi connectivity index (χ2v) is 6.81. The van der Waals surface area contributed by atoms with Gasteiger partial charge in [0.25, 0.3) is 0 Å². The van der Waals surface area contributed by atoms with Gasteiger partial charge in [0, 0.05) is 25.7 Å². The van der Waals surface area contributed by atoms with Gasteiger partial charge in [0.1, 0.15) is 0 Å². The largest absolute Gasteiger partial charge is 0.481 e. The number of carboxylic acids is 1. The lowest BCUT2D eigenvalue weighted by Crippen LogP contribution is -2.54. The molecule has 116 valence electrons. The van der Waals surface area contributed by atoms with Crippen molar-refractivity contribution in [2.75, 3.05) is 19.6 Å². The van der Waals surface area contributed by atoms with Crippen molar-refractivity contribution in [3.05, 3.63) is 0 Å². The van der Waals surface area contributed by atoms with Crippen molar-refractivity contribution >= 4 is 12.0 Å². The SMILES string of the molecule is CC(C)CN(C(=O)N1CCCC(C)(C(=O)O)C1)C(C)C. The Morgan fingerprint density at radius 3 is 2.35 bits per heavy atom. The third-order valence-corrected chi connectivity index (χ3v) is 3.91. The smallest absolute Gasteiger partial charge is 0.320 e. The maximum absolute atomic E-state index is 12.6. The molecule has 0 aromatic rings. The molecule has 0 spiro atoms. The first-order valence-electron chi connectivity index (χ1n) is 7.46. The predicted octanol–water partition coefficient (Wildman–Crippen LogP) is 2.66. The minimum Gasteiger partial charge on any atom is -0.481 e. The van der Waals surface area contributed by atoms with Crippen LogP contribution in [0.3, 0.4) is 0 Å². The molecule has 1 atom stereocenters. The predicted molar refractivity (Wildman–Crippen MR) is 78.6 cm³/mol. The number of nitrogens with zero attached hydrogens (tertiary/aromatic N) is 2. The number of carboxylic acid groups (broad SMARTS) is 1. The van der Waals surface area contributed by atoms with Crippen molar-refractivity contribution in [3.63, 3.8) is 0 Å². The molecule has 20 heavy (non-hydrogen) atoms. The van der Waals surface area contributed by atoms with E-state index >= 15 is 0 Å². The maximum atomic E-state index is 12.6. The number of likely N-dealkylation sites (tertiary alicyclic amines) is 1. The van der Waals surface area contributed by atoms with Crippen LogP contribution in [0.25, 0.3) is 0 Å². The number of carbonyl (C=O) groups is 2. The van der Waals surface area contributed by atoms with Gasteiger partial charge < -0.3 is 14.9 Å².